The first-order valence-corrected chi connectivity index (χ1v) is 11.0. The van der Waals surface area contributed by atoms with Gasteiger partial charge in [-0.2, -0.15) is 0 Å². The third kappa shape index (κ3) is 4.36. The summed E-state index contributed by atoms with van der Waals surface area (Å²) in [5.41, 5.74) is 2.38. The zero-order chi connectivity index (χ0) is 22.7. The van der Waals surface area contributed by atoms with Crippen LogP contribution in [0.15, 0.2) is 69.6 Å². The quantitative estimate of drug-likeness (QED) is 0.470. The second-order valence-corrected chi connectivity index (χ2v) is 8.39. The number of rotatable bonds is 7. The smallest absolute Gasteiger partial charge is 0.332 e. The number of ether oxygens (including phenoxy) is 1. The number of hydrogen-bond donors (Lipinski definition) is 1. The standard InChI is InChI=1S/C24H23N3O4S/c1-16-7-9-17(10-8-16)13-25-21(28)15-26-19-11-12-32-22(19)23(29)27(24(26)30)14-18-5-3-4-6-20(18)31-2/h3-12H,13-15H2,1-2H3,(H,25,28). The lowest BCUT2D eigenvalue weighted by molar-refractivity contribution is -0.121. The fourth-order valence-corrected chi connectivity index (χ4v) is 4.38. The number of carbonyl (C=O) groups excluding carboxylic acids is 1. The van der Waals surface area contributed by atoms with Crippen molar-refractivity contribution in [3.05, 3.63) is 97.5 Å². The molecule has 0 atom stereocenters. The Morgan fingerprint density at radius 1 is 1.03 bits per heavy atom. The Morgan fingerprint density at radius 2 is 1.78 bits per heavy atom. The number of nitrogens with one attached hydrogen (secondary N) is 1. The Hall–Kier alpha value is -3.65. The van der Waals surface area contributed by atoms with Crippen molar-refractivity contribution >= 4 is 27.5 Å². The third-order valence-corrected chi connectivity index (χ3v) is 6.16. The van der Waals surface area contributed by atoms with Gasteiger partial charge in [-0.1, -0.05) is 48.0 Å². The Bertz CT molecular complexity index is 1380. The number of amides is 1. The van der Waals surface area contributed by atoms with Crippen LogP contribution in [0.1, 0.15) is 16.7 Å². The van der Waals surface area contributed by atoms with Crippen molar-refractivity contribution < 1.29 is 9.53 Å². The molecule has 8 heteroatoms. The van der Waals surface area contributed by atoms with Crippen LogP contribution in [0.3, 0.4) is 0 Å². The van der Waals surface area contributed by atoms with Crippen molar-refractivity contribution in [2.75, 3.05) is 7.11 Å². The molecule has 1 amide bonds. The van der Waals surface area contributed by atoms with Crippen LogP contribution in [0, 0.1) is 6.92 Å². The van der Waals surface area contributed by atoms with Crippen LogP contribution in [0.25, 0.3) is 10.2 Å². The van der Waals surface area contributed by atoms with Gasteiger partial charge in [-0.25, -0.2) is 4.79 Å². The summed E-state index contributed by atoms with van der Waals surface area (Å²) in [5.74, 6) is 0.287. The minimum atomic E-state index is -0.530. The van der Waals surface area contributed by atoms with Gasteiger partial charge in [0.15, 0.2) is 0 Å². The summed E-state index contributed by atoms with van der Waals surface area (Å²) in [4.78, 5) is 38.9. The fraction of sp³-hybridized carbons (Fsp3) is 0.208. The summed E-state index contributed by atoms with van der Waals surface area (Å²) in [7, 11) is 1.54. The Morgan fingerprint density at radius 3 is 2.53 bits per heavy atom. The minimum Gasteiger partial charge on any atom is -0.496 e. The maximum absolute atomic E-state index is 13.3. The van der Waals surface area contributed by atoms with Gasteiger partial charge in [-0.15, -0.1) is 11.3 Å². The van der Waals surface area contributed by atoms with Gasteiger partial charge < -0.3 is 10.1 Å². The molecule has 0 bridgehead atoms. The third-order valence-electron chi connectivity index (χ3n) is 5.27. The molecule has 0 spiro atoms. The lowest BCUT2D eigenvalue weighted by atomic mass is 10.1. The molecule has 0 saturated heterocycles. The first-order chi connectivity index (χ1) is 15.5. The number of benzene rings is 2. The highest BCUT2D eigenvalue weighted by Crippen LogP contribution is 2.19. The van der Waals surface area contributed by atoms with Crippen LogP contribution in [0.5, 0.6) is 5.75 Å². The molecule has 164 valence electrons. The van der Waals surface area contributed by atoms with E-state index >= 15 is 0 Å². The van der Waals surface area contributed by atoms with E-state index in [0.29, 0.717) is 28.1 Å². The second kappa shape index (κ2) is 9.23. The Kier molecular flexibility index (Phi) is 6.23. The van der Waals surface area contributed by atoms with Gasteiger partial charge >= 0.3 is 5.69 Å². The number of methoxy groups -OCH3 is 1. The second-order valence-electron chi connectivity index (χ2n) is 7.47. The summed E-state index contributed by atoms with van der Waals surface area (Å²) in [5, 5.41) is 4.60. The molecule has 4 aromatic rings. The van der Waals surface area contributed by atoms with E-state index in [-0.39, 0.29) is 24.6 Å². The molecule has 0 aliphatic carbocycles. The summed E-state index contributed by atoms with van der Waals surface area (Å²) in [6, 6.07) is 16.8. The molecule has 0 fully saturated rings. The van der Waals surface area contributed by atoms with E-state index in [0.717, 1.165) is 15.7 Å². The molecule has 0 saturated carbocycles. The lowest BCUT2D eigenvalue weighted by Crippen LogP contribution is -2.42. The highest BCUT2D eigenvalue weighted by molar-refractivity contribution is 7.17. The number of carbonyl (C=O) groups is 1. The van der Waals surface area contributed by atoms with Gasteiger partial charge in [-0.3, -0.25) is 18.7 Å². The molecule has 1 N–H and O–H groups in total. The minimum absolute atomic E-state index is 0.0561. The fourth-order valence-electron chi connectivity index (χ4n) is 3.54. The SMILES string of the molecule is COc1ccccc1Cn1c(=O)c2sccc2n(CC(=O)NCc2ccc(C)cc2)c1=O. The number of nitrogens with zero attached hydrogens (tertiary/aromatic N) is 2. The molecule has 0 unspecified atom stereocenters. The molecular weight excluding hydrogens is 426 g/mol. The topological polar surface area (TPSA) is 82.3 Å². The first-order valence-electron chi connectivity index (χ1n) is 10.1. The molecule has 4 rings (SSSR count). The molecule has 2 aromatic heterocycles. The van der Waals surface area contributed by atoms with Crippen molar-refractivity contribution in [2.24, 2.45) is 0 Å². The predicted molar refractivity (Wildman–Crippen MR) is 125 cm³/mol. The zero-order valence-corrected chi connectivity index (χ0v) is 18.6. The summed E-state index contributed by atoms with van der Waals surface area (Å²) in [6.07, 6.45) is 0. The van der Waals surface area contributed by atoms with Crippen LogP contribution in [-0.4, -0.2) is 22.2 Å². The molecule has 32 heavy (non-hydrogen) atoms. The molecule has 2 heterocycles. The first kappa shape index (κ1) is 21.6. The van der Waals surface area contributed by atoms with Gasteiger partial charge in [0.2, 0.25) is 5.91 Å². The molecule has 2 aromatic carbocycles. The van der Waals surface area contributed by atoms with Gasteiger partial charge in [0.05, 0.1) is 19.2 Å². The van der Waals surface area contributed by atoms with Gasteiger partial charge in [0.25, 0.3) is 5.56 Å². The number of fused-ring (bicyclic) bond motifs is 1. The molecule has 0 radical (unpaired) electrons. The molecule has 7 nitrogen and oxygen atoms in total. The molecule has 0 aliphatic heterocycles. The Labute approximate surface area is 188 Å². The van der Waals surface area contributed by atoms with Gasteiger partial charge in [0.1, 0.15) is 17.0 Å². The summed E-state index contributed by atoms with van der Waals surface area (Å²) < 4.78 is 8.31. The lowest BCUT2D eigenvalue weighted by Gasteiger charge is -2.14. The number of thiophene rings is 1. The van der Waals surface area contributed by atoms with Crippen LogP contribution >= 0.6 is 11.3 Å². The number of aryl methyl sites for hydroxylation is 1. The van der Waals surface area contributed by atoms with Gasteiger partial charge in [-0.05, 0) is 30.0 Å². The van der Waals surface area contributed by atoms with E-state index < -0.39 is 5.69 Å². The number of para-hydroxylation sites is 1. The van der Waals surface area contributed by atoms with Crippen LogP contribution < -0.4 is 21.3 Å². The van der Waals surface area contributed by atoms with Crippen LogP contribution in [0.2, 0.25) is 0 Å². The normalized spacial score (nSPS) is 10.9. The van der Waals surface area contributed by atoms with E-state index in [1.807, 2.05) is 49.4 Å². The Balaban J connectivity index is 1.64. The summed E-state index contributed by atoms with van der Waals surface area (Å²) in [6.45, 7) is 2.24. The van der Waals surface area contributed by atoms with Crippen molar-refractivity contribution in [1.82, 2.24) is 14.5 Å². The average molecular weight is 450 g/mol. The van der Waals surface area contributed by atoms with Crippen molar-refractivity contribution in [2.45, 2.75) is 26.6 Å². The van der Waals surface area contributed by atoms with Crippen LogP contribution in [-0.2, 0) is 24.4 Å². The highest BCUT2D eigenvalue weighted by Gasteiger charge is 2.17. The average Bonchev–Trinajstić information content (AvgIpc) is 3.29. The highest BCUT2D eigenvalue weighted by atomic mass is 32.1. The maximum atomic E-state index is 13.3. The maximum Gasteiger partial charge on any atom is 0.332 e. The zero-order valence-electron chi connectivity index (χ0n) is 17.8. The van der Waals surface area contributed by atoms with E-state index in [4.69, 9.17) is 4.74 Å². The number of aromatic nitrogens is 2. The van der Waals surface area contributed by atoms with Crippen molar-refractivity contribution in [3.63, 3.8) is 0 Å². The van der Waals surface area contributed by atoms with Crippen LogP contribution in [0.4, 0.5) is 0 Å². The van der Waals surface area contributed by atoms with E-state index in [9.17, 15) is 14.4 Å². The van der Waals surface area contributed by atoms with E-state index in [2.05, 4.69) is 5.32 Å². The number of hydrogen-bond acceptors (Lipinski definition) is 5. The predicted octanol–water partition coefficient (Wildman–Crippen LogP) is 2.91. The monoisotopic (exact) mass is 449 g/mol. The van der Waals surface area contributed by atoms with Crippen molar-refractivity contribution in [1.29, 1.82) is 0 Å². The van der Waals surface area contributed by atoms with Crippen molar-refractivity contribution in [3.8, 4) is 5.75 Å². The summed E-state index contributed by atoms with van der Waals surface area (Å²) >= 11 is 1.25. The largest absolute Gasteiger partial charge is 0.496 e. The van der Waals surface area contributed by atoms with E-state index in [1.165, 1.54) is 15.9 Å². The van der Waals surface area contributed by atoms with Gasteiger partial charge in [0, 0.05) is 12.1 Å². The molecule has 0 aliphatic rings. The van der Waals surface area contributed by atoms with E-state index in [1.54, 1.807) is 24.6 Å². The molecular formula is C24H23N3O4S.